The molecule has 2 aliphatic carbocycles. The van der Waals surface area contributed by atoms with Crippen molar-refractivity contribution < 1.29 is 14.0 Å². The highest BCUT2D eigenvalue weighted by molar-refractivity contribution is 7.08. The Morgan fingerprint density at radius 3 is 2.42 bits per heavy atom. The fourth-order valence-corrected chi connectivity index (χ4v) is 6.34. The van der Waals surface area contributed by atoms with E-state index in [0.717, 1.165) is 47.9 Å². The lowest BCUT2D eigenvalue weighted by Gasteiger charge is -2.41. The zero-order valence-corrected chi connectivity index (χ0v) is 22.6. The normalized spacial score (nSPS) is 24.9. The second-order valence-electron chi connectivity index (χ2n) is 10.8. The van der Waals surface area contributed by atoms with E-state index in [2.05, 4.69) is 15.5 Å². The molecule has 2 heterocycles. The van der Waals surface area contributed by atoms with Crippen LogP contribution in [-0.2, 0) is 15.1 Å². The minimum Gasteiger partial charge on any atom is -0.343 e. The van der Waals surface area contributed by atoms with E-state index in [1.807, 2.05) is 59.1 Å². The van der Waals surface area contributed by atoms with Gasteiger partial charge in [0.2, 0.25) is 11.8 Å². The van der Waals surface area contributed by atoms with Gasteiger partial charge < -0.3 is 16.0 Å². The summed E-state index contributed by atoms with van der Waals surface area (Å²) in [4.78, 5) is 26.3. The largest absolute Gasteiger partial charge is 0.343 e. The van der Waals surface area contributed by atoms with Crippen LogP contribution in [0.5, 0.6) is 0 Å². The van der Waals surface area contributed by atoms with Gasteiger partial charge in [-0.1, -0.05) is 24.3 Å². The topological polar surface area (TPSA) is 101 Å². The summed E-state index contributed by atoms with van der Waals surface area (Å²) < 4.78 is 13.4. The standard InChI is InChI=1S/C29H34FN5O2S/c1-18(36)35(2)24-9-3-19(4-10-24)13-27(37)32-26-14-25(21-11-12-38-17-21)28(34-33-26)20-5-7-22(8-6-20)29(31)15-23(30)16-29/h5-8,11-12,14,17,19,23-24H,3-4,9-10,13,15-16,31H2,1-2H3,(H,32,33,37)/t19-,23-,24-,29-. The van der Waals surface area contributed by atoms with Crippen molar-refractivity contribution in [2.24, 2.45) is 11.7 Å². The number of aromatic nitrogens is 2. The maximum atomic E-state index is 13.4. The number of halogens is 1. The Labute approximate surface area is 226 Å². The summed E-state index contributed by atoms with van der Waals surface area (Å²) in [6, 6.07) is 11.9. The third kappa shape index (κ3) is 5.63. The van der Waals surface area contributed by atoms with Crippen molar-refractivity contribution in [3.05, 3.63) is 52.7 Å². The molecule has 3 N–H and O–H groups in total. The van der Waals surface area contributed by atoms with E-state index in [-0.39, 0.29) is 17.9 Å². The summed E-state index contributed by atoms with van der Waals surface area (Å²) in [6.07, 6.45) is 3.97. The summed E-state index contributed by atoms with van der Waals surface area (Å²) in [5, 5.41) is 15.8. The molecule has 200 valence electrons. The maximum Gasteiger partial charge on any atom is 0.225 e. The number of hydrogen-bond acceptors (Lipinski definition) is 6. The van der Waals surface area contributed by atoms with Crippen LogP contribution in [0, 0.1) is 5.92 Å². The van der Waals surface area contributed by atoms with Crippen LogP contribution in [0.2, 0.25) is 0 Å². The van der Waals surface area contributed by atoms with Crippen LogP contribution in [0.1, 0.15) is 57.4 Å². The number of carbonyl (C=O) groups excluding carboxylic acids is 2. The molecule has 7 nitrogen and oxygen atoms in total. The van der Waals surface area contributed by atoms with Gasteiger partial charge in [-0.3, -0.25) is 9.59 Å². The first-order valence-corrected chi connectivity index (χ1v) is 14.1. The Bertz CT molecular complexity index is 1280. The number of amides is 2. The molecule has 0 bridgehead atoms. The number of carbonyl (C=O) groups is 2. The fraction of sp³-hybridized carbons (Fsp3) is 0.448. The maximum absolute atomic E-state index is 13.4. The molecule has 2 fully saturated rings. The van der Waals surface area contributed by atoms with Gasteiger partial charge in [0.1, 0.15) is 11.9 Å². The Morgan fingerprint density at radius 1 is 1.11 bits per heavy atom. The van der Waals surface area contributed by atoms with Crippen molar-refractivity contribution in [1.29, 1.82) is 0 Å². The molecule has 0 aliphatic heterocycles. The first kappa shape index (κ1) is 26.4. The van der Waals surface area contributed by atoms with Gasteiger partial charge in [0, 0.05) is 55.9 Å². The monoisotopic (exact) mass is 535 g/mol. The van der Waals surface area contributed by atoms with E-state index in [0.29, 0.717) is 36.7 Å². The second-order valence-corrected chi connectivity index (χ2v) is 11.6. The van der Waals surface area contributed by atoms with Gasteiger partial charge in [-0.05, 0) is 65.6 Å². The van der Waals surface area contributed by atoms with Crippen LogP contribution in [-0.4, -0.2) is 46.2 Å². The average Bonchev–Trinajstić information content (AvgIpc) is 3.43. The van der Waals surface area contributed by atoms with Crippen LogP contribution in [0.4, 0.5) is 10.2 Å². The molecule has 9 heteroatoms. The summed E-state index contributed by atoms with van der Waals surface area (Å²) in [7, 11) is 1.85. The number of nitrogens with one attached hydrogen (secondary N) is 1. The second kappa shape index (κ2) is 10.9. The fourth-order valence-electron chi connectivity index (χ4n) is 5.68. The Kier molecular flexibility index (Phi) is 7.59. The lowest BCUT2D eigenvalue weighted by Crippen LogP contribution is -2.50. The van der Waals surface area contributed by atoms with E-state index in [1.165, 1.54) is 0 Å². The molecule has 0 saturated heterocycles. The van der Waals surface area contributed by atoms with Crippen LogP contribution < -0.4 is 11.1 Å². The third-order valence-corrected chi connectivity index (χ3v) is 8.82. The van der Waals surface area contributed by atoms with E-state index in [9.17, 15) is 14.0 Å². The van der Waals surface area contributed by atoms with Gasteiger partial charge in [0.25, 0.3) is 0 Å². The molecule has 2 amide bonds. The van der Waals surface area contributed by atoms with Gasteiger partial charge in [0.15, 0.2) is 5.82 Å². The molecule has 3 aromatic rings. The molecule has 0 atom stereocenters. The predicted octanol–water partition coefficient (Wildman–Crippen LogP) is 5.52. The molecule has 2 saturated carbocycles. The summed E-state index contributed by atoms with van der Waals surface area (Å²) in [5.41, 5.74) is 10.2. The molecule has 2 aromatic heterocycles. The average molecular weight is 536 g/mol. The van der Waals surface area contributed by atoms with E-state index in [1.54, 1.807) is 18.3 Å². The first-order valence-electron chi connectivity index (χ1n) is 13.2. The quantitative estimate of drug-likeness (QED) is 0.415. The molecule has 0 spiro atoms. The molecule has 5 rings (SSSR count). The van der Waals surface area contributed by atoms with E-state index < -0.39 is 11.7 Å². The number of nitrogens with two attached hydrogens (primary N) is 1. The molecule has 2 aliphatic rings. The van der Waals surface area contributed by atoms with Crippen LogP contribution >= 0.6 is 11.3 Å². The summed E-state index contributed by atoms with van der Waals surface area (Å²) in [6.45, 7) is 1.59. The van der Waals surface area contributed by atoms with Crippen LogP contribution in [0.3, 0.4) is 0 Å². The SMILES string of the molecule is CC(=O)N(C)[C@H]1CC[C@H](CC(=O)Nc2cc(-c3ccsc3)c(-c3ccc([C@]4(N)C[C@H](F)C4)cc3)nn2)CC1. The number of nitrogens with zero attached hydrogens (tertiary/aromatic N) is 3. The number of rotatable bonds is 7. The Hall–Kier alpha value is -3.17. The van der Waals surface area contributed by atoms with Gasteiger partial charge in [-0.25, -0.2) is 4.39 Å². The first-order chi connectivity index (χ1) is 18.2. The molecule has 38 heavy (non-hydrogen) atoms. The zero-order chi connectivity index (χ0) is 26.9. The van der Waals surface area contributed by atoms with Crippen molar-refractivity contribution in [2.75, 3.05) is 12.4 Å². The predicted molar refractivity (Wildman–Crippen MR) is 148 cm³/mol. The van der Waals surface area contributed by atoms with Crippen molar-refractivity contribution in [3.8, 4) is 22.4 Å². The summed E-state index contributed by atoms with van der Waals surface area (Å²) in [5.74, 6) is 0.729. The zero-order valence-electron chi connectivity index (χ0n) is 21.8. The molecular formula is C29H34FN5O2S. The number of thiophene rings is 1. The number of alkyl halides is 1. The highest BCUT2D eigenvalue weighted by Crippen LogP contribution is 2.42. The third-order valence-electron chi connectivity index (χ3n) is 8.13. The number of benzene rings is 1. The van der Waals surface area contributed by atoms with Crippen molar-refractivity contribution >= 4 is 29.0 Å². The van der Waals surface area contributed by atoms with Crippen molar-refractivity contribution in [3.63, 3.8) is 0 Å². The highest BCUT2D eigenvalue weighted by atomic mass is 32.1. The summed E-state index contributed by atoms with van der Waals surface area (Å²) >= 11 is 1.59. The minimum absolute atomic E-state index is 0.0732. The molecular weight excluding hydrogens is 501 g/mol. The van der Waals surface area contributed by atoms with Gasteiger partial charge in [0.05, 0.1) is 0 Å². The van der Waals surface area contributed by atoms with Gasteiger partial charge in [-0.15, -0.1) is 10.2 Å². The minimum atomic E-state index is -0.832. The molecule has 1 aromatic carbocycles. The lowest BCUT2D eigenvalue weighted by atomic mass is 9.71. The Morgan fingerprint density at radius 2 is 1.82 bits per heavy atom. The van der Waals surface area contributed by atoms with E-state index >= 15 is 0 Å². The van der Waals surface area contributed by atoms with Gasteiger partial charge >= 0.3 is 0 Å². The molecule has 0 unspecified atom stereocenters. The van der Waals surface area contributed by atoms with Crippen molar-refractivity contribution in [2.45, 2.75) is 69.6 Å². The number of anilines is 1. The Balaban J connectivity index is 1.28. The van der Waals surface area contributed by atoms with Crippen molar-refractivity contribution in [1.82, 2.24) is 15.1 Å². The smallest absolute Gasteiger partial charge is 0.225 e. The highest BCUT2D eigenvalue weighted by Gasteiger charge is 2.42. The van der Waals surface area contributed by atoms with Crippen LogP contribution in [0.25, 0.3) is 22.4 Å². The number of hydrogen-bond donors (Lipinski definition) is 2. The van der Waals surface area contributed by atoms with Crippen LogP contribution in [0.15, 0.2) is 47.2 Å². The van der Waals surface area contributed by atoms with Gasteiger partial charge in [-0.2, -0.15) is 11.3 Å². The molecule has 0 radical (unpaired) electrons. The lowest BCUT2D eigenvalue weighted by molar-refractivity contribution is -0.130. The van der Waals surface area contributed by atoms with E-state index in [4.69, 9.17) is 5.73 Å².